The topological polar surface area (TPSA) is 105 Å². The van der Waals surface area contributed by atoms with Crippen molar-refractivity contribution in [3.05, 3.63) is 85.0 Å². The second-order valence-corrected chi connectivity index (χ2v) is 10.7. The molecule has 0 N–H and O–H groups in total. The van der Waals surface area contributed by atoms with Crippen LogP contribution < -0.4 is 15.0 Å². The molecule has 0 saturated heterocycles. The van der Waals surface area contributed by atoms with Gasteiger partial charge in [0, 0.05) is 20.4 Å². The van der Waals surface area contributed by atoms with Crippen LogP contribution in [-0.2, 0) is 9.53 Å². The molecule has 0 radical (unpaired) electrons. The summed E-state index contributed by atoms with van der Waals surface area (Å²) in [4.78, 5) is 30.2. The number of hydrogen-bond donors (Lipinski definition) is 0. The van der Waals surface area contributed by atoms with Gasteiger partial charge in [0.15, 0.2) is 23.9 Å². The molecule has 0 saturated carbocycles. The number of carbonyl (C=O) groups is 1. The van der Waals surface area contributed by atoms with Gasteiger partial charge in [-0.3, -0.25) is 4.79 Å². The molecule has 0 unspecified atom stereocenters. The predicted molar refractivity (Wildman–Crippen MR) is 162 cm³/mol. The monoisotopic (exact) mass is 657 g/mol. The zero-order valence-electron chi connectivity index (χ0n) is 22.0. The molecule has 5 rings (SSSR count). The molecule has 0 bridgehead atoms. The number of carbonyl (C=O) groups excluding carboxylic acids is 1. The maximum absolute atomic E-state index is 13.6. The van der Waals surface area contributed by atoms with Crippen LogP contribution in [0.4, 0.5) is 0 Å². The van der Waals surface area contributed by atoms with Gasteiger partial charge in [-0.15, -0.1) is 0 Å². The van der Waals surface area contributed by atoms with E-state index in [2.05, 4.69) is 26.0 Å². The molecule has 12 heteroatoms. The zero-order valence-corrected chi connectivity index (χ0v) is 25.1. The van der Waals surface area contributed by atoms with Gasteiger partial charge in [0.1, 0.15) is 10.6 Å². The number of hydrogen-bond acceptors (Lipinski definition) is 8. The molecular weight excluding hydrogens is 637 g/mol. The Labute approximate surface area is 252 Å². The van der Waals surface area contributed by atoms with E-state index in [1.165, 1.54) is 13.3 Å². The van der Waals surface area contributed by atoms with Crippen molar-refractivity contribution in [2.75, 3.05) is 13.7 Å². The van der Waals surface area contributed by atoms with Crippen LogP contribution in [0.3, 0.4) is 0 Å². The van der Waals surface area contributed by atoms with Crippen LogP contribution in [0.25, 0.3) is 33.5 Å². The number of nitrogens with zero attached hydrogens (tertiary/aromatic N) is 3. The minimum absolute atomic E-state index is 0.140. The Bertz CT molecular complexity index is 1880. The van der Waals surface area contributed by atoms with Crippen LogP contribution in [0.2, 0.25) is 10.0 Å². The summed E-state index contributed by atoms with van der Waals surface area (Å²) in [5, 5.41) is 6.29. The molecule has 0 amide bonds. The molecule has 9 nitrogen and oxygen atoms in total. The number of ether oxygens (including phenoxy) is 3. The second-order valence-electron chi connectivity index (χ2n) is 9.06. The molecule has 5 aromatic rings. The second kappa shape index (κ2) is 11.9. The molecule has 0 fully saturated rings. The van der Waals surface area contributed by atoms with Gasteiger partial charge in [0.05, 0.1) is 30.3 Å². The highest BCUT2D eigenvalue weighted by molar-refractivity contribution is 9.10. The molecular formula is C29H22BrCl2N3O6. The van der Waals surface area contributed by atoms with Crippen molar-refractivity contribution in [2.24, 2.45) is 5.10 Å². The van der Waals surface area contributed by atoms with Crippen molar-refractivity contribution in [3.63, 3.8) is 0 Å². The van der Waals surface area contributed by atoms with E-state index in [1.54, 1.807) is 68.4 Å². The van der Waals surface area contributed by atoms with Gasteiger partial charge in [-0.1, -0.05) is 35.3 Å². The number of fused-ring (bicyclic) bond motifs is 2. The van der Waals surface area contributed by atoms with Crippen molar-refractivity contribution in [3.8, 4) is 23.1 Å². The third kappa shape index (κ3) is 5.95. The molecule has 2 aromatic heterocycles. The quantitative estimate of drug-likeness (QED) is 0.129. The van der Waals surface area contributed by atoms with E-state index in [0.29, 0.717) is 37.3 Å². The number of para-hydroxylation sites is 1. The molecule has 3 aromatic carbocycles. The average Bonchev–Trinajstić information content (AvgIpc) is 3.36. The Morgan fingerprint density at radius 2 is 1.95 bits per heavy atom. The van der Waals surface area contributed by atoms with Gasteiger partial charge in [0.2, 0.25) is 5.82 Å². The number of benzene rings is 3. The minimum Gasteiger partial charge on any atom is -0.493 e. The lowest BCUT2D eigenvalue weighted by molar-refractivity contribution is -0.149. The average molecular weight is 659 g/mol. The van der Waals surface area contributed by atoms with Crippen LogP contribution in [0, 0.1) is 0 Å². The molecule has 0 atom stereocenters. The van der Waals surface area contributed by atoms with Crippen LogP contribution >= 0.6 is 39.1 Å². The summed E-state index contributed by atoms with van der Waals surface area (Å²) in [6.07, 6.45) is 1.14. The van der Waals surface area contributed by atoms with Gasteiger partial charge in [-0.2, -0.15) is 9.78 Å². The molecule has 0 spiro atoms. The predicted octanol–water partition coefficient (Wildman–Crippen LogP) is 7.10. The first-order valence-electron chi connectivity index (χ1n) is 12.3. The van der Waals surface area contributed by atoms with Crippen LogP contribution in [0.5, 0.6) is 11.5 Å². The van der Waals surface area contributed by atoms with Crippen LogP contribution in [0.1, 0.15) is 19.4 Å². The van der Waals surface area contributed by atoms with Crippen molar-refractivity contribution in [1.29, 1.82) is 0 Å². The Morgan fingerprint density at radius 3 is 2.71 bits per heavy atom. The highest BCUT2D eigenvalue weighted by atomic mass is 79.9. The van der Waals surface area contributed by atoms with E-state index in [-0.39, 0.29) is 35.1 Å². The first kappa shape index (κ1) is 28.7. The summed E-state index contributed by atoms with van der Waals surface area (Å²) in [6, 6.07) is 15.5. The smallest absolute Gasteiger partial charge is 0.344 e. The fourth-order valence-electron chi connectivity index (χ4n) is 4.05. The first-order chi connectivity index (χ1) is 19.7. The number of methoxy groups -OCH3 is 1. The lowest BCUT2D eigenvalue weighted by Gasteiger charge is -2.15. The summed E-state index contributed by atoms with van der Waals surface area (Å²) in [5.41, 5.74) is 1.12. The van der Waals surface area contributed by atoms with E-state index in [0.717, 1.165) is 10.1 Å². The summed E-state index contributed by atoms with van der Waals surface area (Å²) in [6.45, 7) is 3.11. The number of aromatic nitrogens is 2. The normalized spacial score (nSPS) is 11.6. The Balaban J connectivity index is 1.59. The standard InChI is InChI=1S/C29H22BrCl2N3O6/c1-15(2)40-24(36)14-39-27-22(38-3)12-17(25(30)26(27)32)13-33-35-28(34-20-7-5-4-6-19(20)29(35)37)23-11-16-10-18(31)8-9-21(16)41-23/h4-13,15H,14H2,1-3H3. The van der Waals surface area contributed by atoms with E-state index >= 15 is 0 Å². The molecule has 210 valence electrons. The maximum Gasteiger partial charge on any atom is 0.344 e. The third-order valence-corrected chi connectivity index (χ3v) is 7.52. The molecule has 0 aliphatic rings. The largest absolute Gasteiger partial charge is 0.493 e. The molecule has 0 aliphatic carbocycles. The van der Waals surface area contributed by atoms with E-state index in [4.69, 9.17) is 41.8 Å². The maximum atomic E-state index is 13.6. The van der Waals surface area contributed by atoms with E-state index in [1.807, 2.05) is 0 Å². The fraction of sp³-hybridized carbons (Fsp3) is 0.172. The van der Waals surface area contributed by atoms with E-state index < -0.39 is 11.5 Å². The SMILES string of the molecule is COc1cc(C=Nn2c(-c3cc4cc(Cl)ccc4o3)nc3ccccc3c2=O)c(Br)c(Cl)c1OCC(=O)OC(C)C. The Kier molecular flexibility index (Phi) is 8.35. The Hall–Kier alpha value is -3.86. The molecule has 41 heavy (non-hydrogen) atoms. The summed E-state index contributed by atoms with van der Waals surface area (Å²) in [7, 11) is 1.43. The van der Waals surface area contributed by atoms with Crippen molar-refractivity contribution < 1.29 is 23.4 Å². The summed E-state index contributed by atoms with van der Waals surface area (Å²) < 4.78 is 23.7. The highest BCUT2D eigenvalue weighted by Gasteiger charge is 2.20. The Morgan fingerprint density at radius 1 is 1.17 bits per heavy atom. The highest BCUT2D eigenvalue weighted by Crippen LogP contribution is 2.42. The minimum atomic E-state index is -0.552. The molecule has 0 aliphatic heterocycles. The van der Waals surface area contributed by atoms with Crippen molar-refractivity contribution in [1.82, 2.24) is 9.66 Å². The number of furan rings is 1. The lowest BCUT2D eigenvalue weighted by atomic mass is 10.2. The fourth-order valence-corrected chi connectivity index (χ4v) is 4.88. The van der Waals surface area contributed by atoms with Gasteiger partial charge in [-0.25, -0.2) is 9.78 Å². The van der Waals surface area contributed by atoms with Crippen LogP contribution in [-0.4, -0.2) is 41.7 Å². The van der Waals surface area contributed by atoms with Gasteiger partial charge < -0.3 is 18.6 Å². The lowest BCUT2D eigenvalue weighted by Crippen LogP contribution is -2.20. The zero-order chi connectivity index (χ0) is 29.3. The van der Waals surface area contributed by atoms with E-state index in [9.17, 15) is 9.59 Å². The summed E-state index contributed by atoms with van der Waals surface area (Å²) in [5.74, 6) is 0.355. The third-order valence-electron chi connectivity index (χ3n) is 5.84. The first-order valence-corrected chi connectivity index (χ1v) is 13.8. The van der Waals surface area contributed by atoms with Gasteiger partial charge in [-0.05, 0) is 72.2 Å². The van der Waals surface area contributed by atoms with Crippen molar-refractivity contribution >= 4 is 73.2 Å². The summed E-state index contributed by atoms with van der Waals surface area (Å²) >= 11 is 16.2. The van der Waals surface area contributed by atoms with Crippen molar-refractivity contribution in [2.45, 2.75) is 20.0 Å². The number of esters is 1. The van der Waals surface area contributed by atoms with Crippen LogP contribution in [0.15, 0.2) is 73.4 Å². The molecule has 2 heterocycles. The van der Waals surface area contributed by atoms with Gasteiger partial charge in [0.25, 0.3) is 5.56 Å². The van der Waals surface area contributed by atoms with Gasteiger partial charge >= 0.3 is 5.97 Å². The number of rotatable bonds is 8. The number of halogens is 3.